The van der Waals surface area contributed by atoms with Crippen LogP contribution in [0.3, 0.4) is 0 Å². The van der Waals surface area contributed by atoms with Crippen LogP contribution < -0.4 is 0 Å². The highest BCUT2D eigenvalue weighted by atomic mass is 16.3. The third-order valence-electron chi connectivity index (χ3n) is 2.71. The van der Waals surface area contributed by atoms with Gasteiger partial charge in [0.05, 0.1) is 0 Å². The summed E-state index contributed by atoms with van der Waals surface area (Å²) in [6, 6.07) is 18.3. The zero-order chi connectivity index (χ0) is 14.2. The minimum atomic E-state index is -0.862. The molecular formula is C18H14O2. The van der Waals surface area contributed by atoms with E-state index in [-0.39, 0.29) is 0 Å². The van der Waals surface area contributed by atoms with E-state index in [2.05, 4.69) is 23.7 Å². The largest absolute Gasteiger partial charge is 0.376 e. The molecule has 0 aromatic heterocycles. The number of rotatable bonds is 2. The van der Waals surface area contributed by atoms with Crippen molar-refractivity contribution in [1.82, 2.24) is 0 Å². The summed E-state index contributed by atoms with van der Waals surface area (Å²) >= 11 is 0. The van der Waals surface area contributed by atoms with Gasteiger partial charge in [-0.2, -0.15) is 0 Å². The van der Waals surface area contributed by atoms with Gasteiger partial charge in [-0.25, -0.2) is 0 Å². The first-order valence-electron chi connectivity index (χ1n) is 6.24. The van der Waals surface area contributed by atoms with Gasteiger partial charge < -0.3 is 10.2 Å². The number of hydrogen-bond donors (Lipinski definition) is 2. The fraction of sp³-hybridized carbons (Fsp3) is 0.111. The molecule has 2 nitrogen and oxygen atoms in total. The SMILES string of the molecule is OC(C#CC#CC(O)c1ccccc1)c1ccccc1. The maximum atomic E-state index is 9.80. The predicted octanol–water partition coefficient (Wildman–Crippen LogP) is 2.46. The molecule has 0 bridgehead atoms. The van der Waals surface area contributed by atoms with Gasteiger partial charge in [0.25, 0.3) is 0 Å². The van der Waals surface area contributed by atoms with E-state index in [9.17, 15) is 10.2 Å². The zero-order valence-corrected chi connectivity index (χ0v) is 10.8. The fourth-order valence-corrected chi connectivity index (χ4v) is 1.65. The van der Waals surface area contributed by atoms with Gasteiger partial charge in [0.15, 0.2) is 0 Å². The van der Waals surface area contributed by atoms with Crippen molar-refractivity contribution in [2.45, 2.75) is 12.2 Å². The van der Waals surface area contributed by atoms with Gasteiger partial charge in [-0.15, -0.1) is 0 Å². The van der Waals surface area contributed by atoms with E-state index in [0.717, 1.165) is 11.1 Å². The maximum Gasteiger partial charge on any atom is 0.141 e. The molecule has 98 valence electrons. The molecule has 2 atom stereocenters. The summed E-state index contributed by atoms with van der Waals surface area (Å²) in [6.45, 7) is 0. The van der Waals surface area contributed by atoms with E-state index in [1.807, 2.05) is 36.4 Å². The molecule has 20 heavy (non-hydrogen) atoms. The number of aliphatic hydroxyl groups excluding tert-OH is 2. The van der Waals surface area contributed by atoms with Gasteiger partial charge in [-0.3, -0.25) is 0 Å². The normalized spacial score (nSPS) is 12.3. The molecule has 2 rings (SSSR count). The molecule has 0 radical (unpaired) electrons. The minimum absolute atomic E-state index is 0.727. The second-order valence-corrected chi connectivity index (χ2v) is 4.17. The van der Waals surface area contributed by atoms with E-state index < -0.39 is 12.2 Å². The fourth-order valence-electron chi connectivity index (χ4n) is 1.65. The summed E-state index contributed by atoms with van der Waals surface area (Å²) in [5.74, 6) is 10.4. The molecule has 0 spiro atoms. The van der Waals surface area contributed by atoms with E-state index in [1.54, 1.807) is 24.3 Å². The van der Waals surface area contributed by atoms with Crippen molar-refractivity contribution in [3.63, 3.8) is 0 Å². The van der Waals surface area contributed by atoms with Gasteiger partial charge in [-0.05, 0) is 23.0 Å². The lowest BCUT2D eigenvalue weighted by Crippen LogP contribution is -1.93. The Morgan fingerprint density at radius 2 is 0.950 bits per heavy atom. The van der Waals surface area contributed by atoms with Gasteiger partial charge in [0.2, 0.25) is 0 Å². The molecular weight excluding hydrogens is 248 g/mol. The summed E-state index contributed by atoms with van der Waals surface area (Å²) in [5.41, 5.74) is 1.45. The number of hydrogen-bond acceptors (Lipinski definition) is 2. The summed E-state index contributed by atoms with van der Waals surface area (Å²) in [7, 11) is 0. The Balaban J connectivity index is 2.00. The van der Waals surface area contributed by atoms with Crippen LogP contribution in [0.2, 0.25) is 0 Å². The Morgan fingerprint density at radius 1 is 0.600 bits per heavy atom. The lowest BCUT2D eigenvalue weighted by molar-refractivity contribution is 0.237. The summed E-state index contributed by atoms with van der Waals surface area (Å²) in [6.07, 6.45) is -1.72. The zero-order valence-electron chi connectivity index (χ0n) is 10.8. The van der Waals surface area contributed by atoms with Crippen molar-refractivity contribution < 1.29 is 10.2 Å². The molecule has 0 fully saturated rings. The quantitative estimate of drug-likeness (QED) is 0.816. The Labute approximate surface area is 118 Å². The lowest BCUT2D eigenvalue weighted by Gasteiger charge is -2.01. The van der Waals surface area contributed by atoms with Crippen LogP contribution in [-0.2, 0) is 0 Å². The molecule has 0 amide bonds. The molecule has 2 N–H and O–H groups in total. The van der Waals surface area contributed by atoms with Crippen LogP contribution in [0.25, 0.3) is 0 Å². The second-order valence-electron chi connectivity index (χ2n) is 4.17. The maximum absolute atomic E-state index is 9.80. The third kappa shape index (κ3) is 4.00. The molecule has 2 unspecified atom stereocenters. The molecule has 0 aliphatic carbocycles. The standard InChI is InChI=1S/C18H14O2/c19-17(15-9-3-1-4-10-15)13-7-8-14-18(20)16-11-5-2-6-12-16/h1-6,9-12,17-20H. The van der Waals surface area contributed by atoms with Crippen molar-refractivity contribution >= 4 is 0 Å². The van der Waals surface area contributed by atoms with Crippen LogP contribution in [0.4, 0.5) is 0 Å². The van der Waals surface area contributed by atoms with E-state index in [1.165, 1.54) is 0 Å². The average Bonchev–Trinajstić information content (AvgIpc) is 2.53. The van der Waals surface area contributed by atoms with Crippen molar-refractivity contribution in [3.8, 4) is 23.7 Å². The van der Waals surface area contributed by atoms with Gasteiger partial charge in [-0.1, -0.05) is 72.5 Å². The van der Waals surface area contributed by atoms with E-state index in [4.69, 9.17) is 0 Å². The molecule has 0 heterocycles. The van der Waals surface area contributed by atoms with Crippen molar-refractivity contribution in [3.05, 3.63) is 71.8 Å². The van der Waals surface area contributed by atoms with E-state index >= 15 is 0 Å². The monoisotopic (exact) mass is 262 g/mol. The van der Waals surface area contributed by atoms with Crippen LogP contribution >= 0.6 is 0 Å². The van der Waals surface area contributed by atoms with Crippen molar-refractivity contribution in [1.29, 1.82) is 0 Å². The Morgan fingerprint density at radius 3 is 1.30 bits per heavy atom. The van der Waals surface area contributed by atoms with E-state index in [0.29, 0.717) is 0 Å². The molecule has 2 aromatic rings. The highest BCUT2D eigenvalue weighted by Gasteiger charge is 2.01. The molecule has 0 aliphatic rings. The van der Waals surface area contributed by atoms with Gasteiger partial charge in [0, 0.05) is 0 Å². The first kappa shape index (κ1) is 13.9. The molecule has 2 aromatic carbocycles. The minimum Gasteiger partial charge on any atom is -0.376 e. The molecule has 0 saturated carbocycles. The lowest BCUT2D eigenvalue weighted by atomic mass is 10.1. The Bertz CT molecular complexity index is 593. The summed E-state index contributed by atoms with van der Waals surface area (Å²) in [4.78, 5) is 0. The Hall–Kier alpha value is -2.52. The summed E-state index contributed by atoms with van der Waals surface area (Å²) in [5, 5.41) is 19.6. The summed E-state index contributed by atoms with van der Waals surface area (Å²) < 4.78 is 0. The van der Waals surface area contributed by atoms with Crippen molar-refractivity contribution in [2.24, 2.45) is 0 Å². The molecule has 2 heteroatoms. The second kappa shape index (κ2) is 7.16. The highest BCUT2D eigenvalue weighted by molar-refractivity contribution is 5.34. The Kier molecular flexibility index (Phi) is 4.98. The first-order valence-corrected chi connectivity index (χ1v) is 6.24. The van der Waals surface area contributed by atoms with Crippen LogP contribution in [0.5, 0.6) is 0 Å². The topological polar surface area (TPSA) is 40.5 Å². The van der Waals surface area contributed by atoms with Gasteiger partial charge >= 0.3 is 0 Å². The third-order valence-corrected chi connectivity index (χ3v) is 2.71. The number of aliphatic hydroxyl groups is 2. The average molecular weight is 262 g/mol. The first-order chi connectivity index (χ1) is 9.77. The molecule has 0 saturated heterocycles. The van der Waals surface area contributed by atoms with Crippen LogP contribution in [-0.4, -0.2) is 10.2 Å². The smallest absolute Gasteiger partial charge is 0.141 e. The van der Waals surface area contributed by atoms with Crippen LogP contribution in [0, 0.1) is 23.7 Å². The number of benzene rings is 2. The van der Waals surface area contributed by atoms with Gasteiger partial charge in [0.1, 0.15) is 12.2 Å². The van der Waals surface area contributed by atoms with Crippen LogP contribution in [0.15, 0.2) is 60.7 Å². The van der Waals surface area contributed by atoms with Crippen molar-refractivity contribution in [2.75, 3.05) is 0 Å². The molecule has 0 aliphatic heterocycles. The predicted molar refractivity (Wildman–Crippen MR) is 78.4 cm³/mol. The highest BCUT2D eigenvalue weighted by Crippen LogP contribution is 2.11. The van der Waals surface area contributed by atoms with Crippen LogP contribution in [0.1, 0.15) is 23.3 Å².